The topological polar surface area (TPSA) is 72.3 Å². The van der Waals surface area contributed by atoms with Gasteiger partial charge in [0.1, 0.15) is 5.75 Å². The van der Waals surface area contributed by atoms with Crippen molar-refractivity contribution in [3.63, 3.8) is 0 Å². The van der Waals surface area contributed by atoms with Gasteiger partial charge in [-0.15, -0.1) is 0 Å². The fraction of sp³-hybridized carbons (Fsp3) is 0.0833. The molecule has 0 aliphatic rings. The average Bonchev–Trinajstić information content (AvgIpc) is 2.26. The maximum atomic E-state index is 10.9. The van der Waals surface area contributed by atoms with E-state index >= 15 is 0 Å². The van der Waals surface area contributed by atoms with Crippen LogP contribution in [0.3, 0.4) is 0 Å². The highest BCUT2D eigenvalue weighted by Gasteiger charge is 2.10. The third kappa shape index (κ3) is 3.56. The van der Waals surface area contributed by atoms with Gasteiger partial charge in [0.25, 0.3) is 0 Å². The number of aryl methyl sites for hydroxylation is 1. The summed E-state index contributed by atoms with van der Waals surface area (Å²) in [6.07, 6.45) is 0. The van der Waals surface area contributed by atoms with Crippen molar-refractivity contribution < 1.29 is 14.6 Å². The summed E-state index contributed by atoms with van der Waals surface area (Å²) in [4.78, 5) is 18.6. The Balaban J connectivity index is 2.35. The van der Waals surface area contributed by atoms with Gasteiger partial charge < -0.3 is 9.84 Å². The number of hydrogen-bond donors (Lipinski definition) is 1. The first kappa shape index (κ1) is 13.6. The van der Waals surface area contributed by atoms with Gasteiger partial charge in [0, 0.05) is 15.7 Å². The van der Waals surface area contributed by atoms with E-state index in [1.54, 1.807) is 13.0 Å². The van der Waals surface area contributed by atoms with E-state index in [0.717, 1.165) is 0 Å². The molecule has 0 bridgehead atoms. The molecular formula is C12H8Cl2N2O3. The number of rotatable bonds is 3. The third-order valence-corrected chi connectivity index (χ3v) is 2.53. The number of carbonyl (C=O) groups is 1. The lowest BCUT2D eigenvalue weighted by Crippen LogP contribution is -2.04. The molecule has 2 rings (SSSR count). The monoisotopic (exact) mass is 298 g/mol. The van der Waals surface area contributed by atoms with Crippen LogP contribution in [0.5, 0.6) is 11.8 Å². The summed E-state index contributed by atoms with van der Waals surface area (Å²) in [7, 11) is 0. The number of halogens is 2. The zero-order chi connectivity index (χ0) is 14.0. The van der Waals surface area contributed by atoms with E-state index in [0.29, 0.717) is 21.5 Å². The Kier molecular flexibility index (Phi) is 3.87. The minimum Gasteiger partial charge on any atom is -0.477 e. The molecule has 2 aromatic rings. The van der Waals surface area contributed by atoms with E-state index in [2.05, 4.69) is 9.97 Å². The molecule has 19 heavy (non-hydrogen) atoms. The number of benzene rings is 1. The molecule has 5 nitrogen and oxygen atoms in total. The van der Waals surface area contributed by atoms with Crippen LogP contribution in [0.2, 0.25) is 10.0 Å². The zero-order valence-corrected chi connectivity index (χ0v) is 11.2. The van der Waals surface area contributed by atoms with Crippen LogP contribution < -0.4 is 4.74 Å². The number of carboxylic acid groups (broad SMARTS) is 1. The van der Waals surface area contributed by atoms with E-state index in [-0.39, 0.29) is 11.7 Å². The maximum Gasteiger partial charge on any atom is 0.354 e. The normalized spacial score (nSPS) is 10.3. The number of carboxylic acids is 1. The molecule has 0 amide bonds. The summed E-state index contributed by atoms with van der Waals surface area (Å²) < 4.78 is 5.36. The Morgan fingerprint density at radius 1 is 1.16 bits per heavy atom. The Labute approximate surface area is 118 Å². The summed E-state index contributed by atoms with van der Waals surface area (Å²) in [6, 6.07) is 5.88. The van der Waals surface area contributed by atoms with Crippen molar-refractivity contribution >= 4 is 29.2 Å². The molecule has 98 valence electrons. The fourth-order valence-electron chi connectivity index (χ4n) is 1.39. The minimum atomic E-state index is -1.15. The van der Waals surface area contributed by atoms with Crippen molar-refractivity contribution in [3.8, 4) is 11.8 Å². The summed E-state index contributed by atoms with van der Waals surface area (Å²) >= 11 is 11.7. The van der Waals surface area contributed by atoms with Crippen LogP contribution in [0, 0.1) is 6.92 Å². The Bertz CT molecular complexity index is 627. The number of ether oxygens (including phenoxy) is 1. The minimum absolute atomic E-state index is 0.0734. The fourth-order valence-corrected chi connectivity index (χ4v) is 1.90. The lowest BCUT2D eigenvalue weighted by Gasteiger charge is -2.06. The van der Waals surface area contributed by atoms with Crippen LogP contribution in [0.15, 0.2) is 24.3 Å². The lowest BCUT2D eigenvalue weighted by atomic mass is 10.3. The molecule has 0 unspecified atom stereocenters. The van der Waals surface area contributed by atoms with Crippen LogP contribution in [0.1, 0.15) is 16.2 Å². The van der Waals surface area contributed by atoms with E-state index < -0.39 is 5.97 Å². The third-order valence-electron chi connectivity index (χ3n) is 2.10. The smallest absolute Gasteiger partial charge is 0.354 e. The lowest BCUT2D eigenvalue weighted by molar-refractivity contribution is 0.0689. The molecule has 0 atom stereocenters. The van der Waals surface area contributed by atoms with Gasteiger partial charge in [-0.05, 0) is 31.2 Å². The largest absolute Gasteiger partial charge is 0.477 e. The van der Waals surface area contributed by atoms with Gasteiger partial charge in [0.05, 0.1) is 0 Å². The zero-order valence-electron chi connectivity index (χ0n) is 9.72. The first-order valence-corrected chi connectivity index (χ1v) is 5.92. The molecule has 1 aromatic carbocycles. The molecule has 0 fully saturated rings. The highest BCUT2D eigenvalue weighted by molar-refractivity contribution is 6.34. The van der Waals surface area contributed by atoms with E-state index in [1.165, 1.54) is 18.2 Å². The SMILES string of the molecule is Cc1cc(C(=O)O)nc(Oc2cc(Cl)cc(Cl)c2)n1. The van der Waals surface area contributed by atoms with Gasteiger partial charge in [-0.3, -0.25) is 0 Å². The second-order valence-corrected chi connectivity index (χ2v) is 4.56. The van der Waals surface area contributed by atoms with Crippen molar-refractivity contribution in [2.45, 2.75) is 6.92 Å². The molecule has 0 aliphatic heterocycles. The second kappa shape index (κ2) is 5.42. The van der Waals surface area contributed by atoms with Gasteiger partial charge in [0.15, 0.2) is 5.69 Å². The summed E-state index contributed by atoms with van der Waals surface area (Å²) in [5.74, 6) is -0.820. The van der Waals surface area contributed by atoms with Crippen molar-refractivity contribution in [1.82, 2.24) is 9.97 Å². The molecule has 0 saturated heterocycles. The summed E-state index contributed by atoms with van der Waals surface area (Å²) in [5.41, 5.74) is 0.339. The van der Waals surface area contributed by atoms with Crippen LogP contribution in [-0.4, -0.2) is 21.0 Å². The Hall–Kier alpha value is -1.85. The number of aromatic carboxylic acids is 1. The Morgan fingerprint density at radius 2 is 1.79 bits per heavy atom. The standard InChI is InChI=1S/C12H8Cl2N2O3/c1-6-2-10(11(17)18)16-12(15-6)19-9-4-7(13)3-8(14)5-9/h2-5H,1H3,(H,17,18). The van der Waals surface area contributed by atoms with Crippen molar-refractivity contribution in [2.75, 3.05) is 0 Å². The number of nitrogens with zero attached hydrogens (tertiary/aromatic N) is 2. The summed E-state index contributed by atoms with van der Waals surface area (Å²) in [6.45, 7) is 1.64. The first-order chi connectivity index (χ1) is 8.94. The molecule has 0 radical (unpaired) electrons. The van der Waals surface area contributed by atoms with E-state index in [4.69, 9.17) is 33.0 Å². The predicted molar refractivity (Wildman–Crippen MR) is 70.3 cm³/mol. The predicted octanol–water partition coefficient (Wildman–Crippen LogP) is 3.58. The van der Waals surface area contributed by atoms with Crippen molar-refractivity contribution in [3.05, 3.63) is 45.7 Å². The van der Waals surface area contributed by atoms with Crippen molar-refractivity contribution in [1.29, 1.82) is 0 Å². The van der Waals surface area contributed by atoms with Crippen LogP contribution in [0.25, 0.3) is 0 Å². The first-order valence-electron chi connectivity index (χ1n) is 5.17. The molecule has 1 N–H and O–H groups in total. The highest BCUT2D eigenvalue weighted by atomic mass is 35.5. The number of hydrogen-bond acceptors (Lipinski definition) is 4. The van der Waals surface area contributed by atoms with Gasteiger partial charge in [0.2, 0.25) is 0 Å². The molecule has 0 spiro atoms. The van der Waals surface area contributed by atoms with Crippen LogP contribution >= 0.6 is 23.2 Å². The van der Waals surface area contributed by atoms with Crippen LogP contribution in [0.4, 0.5) is 0 Å². The second-order valence-electron chi connectivity index (χ2n) is 3.69. The molecule has 0 aliphatic carbocycles. The molecule has 1 aromatic heterocycles. The van der Waals surface area contributed by atoms with E-state index in [1.807, 2.05) is 0 Å². The maximum absolute atomic E-state index is 10.9. The highest BCUT2D eigenvalue weighted by Crippen LogP contribution is 2.27. The van der Waals surface area contributed by atoms with Gasteiger partial charge in [-0.1, -0.05) is 23.2 Å². The Morgan fingerprint density at radius 3 is 2.37 bits per heavy atom. The average molecular weight is 299 g/mol. The van der Waals surface area contributed by atoms with Crippen LogP contribution in [-0.2, 0) is 0 Å². The molecule has 0 saturated carbocycles. The van der Waals surface area contributed by atoms with Crippen molar-refractivity contribution in [2.24, 2.45) is 0 Å². The van der Waals surface area contributed by atoms with Gasteiger partial charge >= 0.3 is 12.0 Å². The van der Waals surface area contributed by atoms with E-state index in [9.17, 15) is 4.79 Å². The quantitative estimate of drug-likeness (QED) is 0.937. The molecular weight excluding hydrogens is 291 g/mol. The number of aromatic nitrogens is 2. The molecule has 1 heterocycles. The molecule has 7 heteroatoms. The van der Waals surface area contributed by atoms with Gasteiger partial charge in [-0.25, -0.2) is 9.78 Å². The van der Waals surface area contributed by atoms with Gasteiger partial charge in [-0.2, -0.15) is 4.98 Å². The summed E-state index contributed by atoms with van der Waals surface area (Å²) in [5, 5.41) is 9.69.